The summed E-state index contributed by atoms with van der Waals surface area (Å²) in [7, 11) is 0. The number of phenolic OH excluding ortho intramolecular Hbond substituents is 4. The lowest BCUT2D eigenvalue weighted by Gasteiger charge is -2.35. The molecule has 6 rings (SSSR count). The highest BCUT2D eigenvalue weighted by Crippen LogP contribution is 2.50. The van der Waals surface area contributed by atoms with Crippen LogP contribution in [0.1, 0.15) is 45.6 Å². The smallest absolute Gasteiger partial charge is 0.126 e. The van der Waals surface area contributed by atoms with Gasteiger partial charge in [-0.05, 0) is 59.5 Å². The fourth-order valence-electron chi connectivity index (χ4n) is 5.44. The van der Waals surface area contributed by atoms with E-state index in [1.807, 2.05) is 36.4 Å². The van der Waals surface area contributed by atoms with Crippen LogP contribution in [0.5, 0.6) is 34.5 Å². The number of fused-ring (bicyclic) bond motifs is 2. The predicted octanol–water partition coefficient (Wildman–Crippen LogP) is 5.54. The first-order chi connectivity index (χ1) is 17.5. The molecule has 6 heteroatoms. The lowest BCUT2D eigenvalue weighted by molar-refractivity contribution is 0.244. The summed E-state index contributed by atoms with van der Waals surface area (Å²) < 4.78 is 12.1. The van der Waals surface area contributed by atoms with Crippen molar-refractivity contribution in [2.75, 3.05) is 13.2 Å². The Bertz CT molecular complexity index is 1410. The molecule has 0 aliphatic carbocycles. The average molecular weight is 483 g/mol. The monoisotopic (exact) mass is 482 g/mol. The van der Waals surface area contributed by atoms with Gasteiger partial charge in [0.05, 0.1) is 13.2 Å². The largest absolute Gasteiger partial charge is 0.508 e. The van der Waals surface area contributed by atoms with E-state index in [4.69, 9.17) is 9.47 Å². The molecule has 0 saturated carbocycles. The van der Waals surface area contributed by atoms with Gasteiger partial charge in [0.2, 0.25) is 0 Å². The van der Waals surface area contributed by atoms with E-state index in [1.165, 1.54) is 0 Å². The van der Waals surface area contributed by atoms with E-state index < -0.39 is 0 Å². The highest BCUT2D eigenvalue weighted by Gasteiger charge is 2.36. The first kappa shape index (κ1) is 22.2. The maximum Gasteiger partial charge on any atom is 0.126 e. The minimum atomic E-state index is -0.238. The average Bonchev–Trinajstić information content (AvgIpc) is 2.88. The normalized spacial score (nSPS) is 20.5. The van der Waals surface area contributed by atoms with Gasteiger partial charge >= 0.3 is 0 Å². The molecule has 4 N–H and O–H groups in total. The van der Waals surface area contributed by atoms with Crippen LogP contribution in [-0.2, 0) is 6.42 Å². The number of aromatic hydroxyl groups is 4. The Kier molecular flexibility index (Phi) is 5.37. The zero-order chi connectivity index (χ0) is 24.8. The van der Waals surface area contributed by atoms with Crippen molar-refractivity contribution in [3.63, 3.8) is 0 Å². The summed E-state index contributed by atoms with van der Waals surface area (Å²) in [5.74, 6) is 1.71. The van der Waals surface area contributed by atoms with Crippen LogP contribution in [0.3, 0.4) is 0 Å². The molecule has 2 aliphatic rings. The number of phenols is 4. The quantitative estimate of drug-likeness (QED) is 0.306. The number of hydrogen-bond acceptors (Lipinski definition) is 6. The van der Waals surface area contributed by atoms with Gasteiger partial charge < -0.3 is 29.9 Å². The first-order valence-corrected chi connectivity index (χ1v) is 12.0. The Balaban J connectivity index is 1.44. The molecule has 0 saturated heterocycles. The predicted molar refractivity (Wildman–Crippen MR) is 134 cm³/mol. The Morgan fingerprint density at radius 1 is 0.583 bits per heavy atom. The van der Waals surface area contributed by atoms with Crippen molar-refractivity contribution in [3.8, 4) is 34.5 Å². The molecule has 3 atom stereocenters. The van der Waals surface area contributed by atoms with Crippen LogP contribution in [0, 0.1) is 0 Å². The van der Waals surface area contributed by atoms with Gasteiger partial charge in [-0.3, -0.25) is 0 Å². The third-order valence-corrected chi connectivity index (χ3v) is 7.29. The third-order valence-electron chi connectivity index (χ3n) is 7.29. The van der Waals surface area contributed by atoms with Crippen LogP contribution < -0.4 is 9.47 Å². The van der Waals surface area contributed by atoms with Crippen molar-refractivity contribution in [3.05, 3.63) is 107 Å². The minimum Gasteiger partial charge on any atom is -0.508 e. The standard InChI is InChI=1S/C30H26O6/c31-21-5-1-17(2-6-21)20-11-19-12-25(27(34)14-28(19)35-15-20)30-24-10-9-23(33)13-29(24)36-16-26(30)18-3-7-22(32)8-4-18/h1-10,12-14,20,26,30-34H,11,15-16H2. The number of ether oxygens (including phenoxy) is 2. The van der Waals surface area contributed by atoms with E-state index in [9.17, 15) is 20.4 Å². The summed E-state index contributed by atoms with van der Waals surface area (Å²) in [5, 5.41) is 40.7. The van der Waals surface area contributed by atoms with E-state index in [1.54, 1.807) is 42.5 Å². The van der Waals surface area contributed by atoms with Crippen molar-refractivity contribution in [2.24, 2.45) is 0 Å². The Labute approximate surface area is 208 Å². The fraction of sp³-hybridized carbons (Fsp3) is 0.200. The van der Waals surface area contributed by atoms with Crippen LogP contribution in [0.15, 0.2) is 78.9 Å². The fourth-order valence-corrected chi connectivity index (χ4v) is 5.44. The highest BCUT2D eigenvalue weighted by molar-refractivity contribution is 5.57. The van der Waals surface area contributed by atoms with Crippen molar-refractivity contribution in [1.82, 2.24) is 0 Å². The number of benzene rings is 4. The molecule has 182 valence electrons. The molecule has 0 fully saturated rings. The van der Waals surface area contributed by atoms with E-state index in [0.717, 1.165) is 34.2 Å². The molecule has 2 aliphatic heterocycles. The molecule has 0 amide bonds. The van der Waals surface area contributed by atoms with Gasteiger partial charge in [0.25, 0.3) is 0 Å². The van der Waals surface area contributed by atoms with Crippen LogP contribution in [0.4, 0.5) is 0 Å². The van der Waals surface area contributed by atoms with Crippen molar-refractivity contribution in [2.45, 2.75) is 24.2 Å². The molecular formula is C30H26O6. The van der Waals surface area contributed by atoms with Crippen LogP contribution in [-0.4, -0.2) is 33.6 Å². The summed E-state index contributed by atoms with van der Waals surface area (Å²) >= 11 is 0. The maximum atomic E-state index is 11.2. The van der Waals surface area contributed by atoms with E-state index >= 15 is 0 Å². The molecule has 2 heterocycles. The van der Waals surface area contributed by atoms with Gasteiger partial charge in [-0.2, -0.15) is 0 Å². The Morgan fingerprint density at radius 2 is 1.22 bits per heavy atom. The molecule has 3 unspecified atom stereocenters. The number of hydrogen-bond donors (Lipinski definition) is 4. The van der Waals surface area contributed by atoms with Crippen molar-refractivity contribution < 1.29 is 29.9 Å². The summed E-state index contributed by atoms with van der Waals surface area (Å²) in [4.78, 5) is 0. The number of rotatable bonds is 3. The first-order valence-electron chi connectivity index (χ1n) is 12.0. The van der Waals surface area contributed by atoms with Crippen LogP contribution >= 0.6 is 0 Å². The van der Waals surface area contributed by atoms with E-state index in [-0.39, 0.29) is 40.8 Å². The van der Waals surface area contributed by atoms with Gasteiger partial charge in [0.15, 0.2) is 0 Å². The second-order valence-electron chi connectivity index (χ2n) is 9.53. The van der Waals surface area contributed by atoms with Crippen molar-refractivity contribution in [1.29, 1.82) is 0 Å². The topological polar surface area (TPSA) is 99.4 Å². The molecule has 4 aromatic rings. The molecule has 0 bridgehead atoms. The SMILES string of the molecule is Oc1ccc(C2COc3cc(O)c(C4c5ccc(O)cc5OCC4c4ccc(O)cc4)cc3C2)cc1. The van der Waals surface area contributed by atoms with Gasteiger partial charge in [0.1, 0.15) is 34.5 Å². The molecule has 0 radical (unpaired) electrons. The van der Waals surface area contributed by atoms with Crippen molar-refractivity contribution >= 4 is 0 Å². The van der Waals surface area contributed by atoms with Gasteiger partial charge in [-0.15, -0.1) is 0 Å². The zero-order valence-electron chi connectivity index (χ0n) is 19.5. The van der Waals surface area contributed by atoms with E-state index in [0.29, 0.717) is 24.7 Å². The zero-order valence-corrected chi connectivity index (χ0v) is 19.5. The van der Waals surface area contributed by atoms with Crippen LogP contribution in [0.25, 0.3) is 0 Å². The van der Waals surface area contributed by atoms with Gasteiger partial charge in [-0.1, -0.05) is 30.3 Å². The summed E-state index contributed by atoms with van der Waals surface area (Å²) in [6.07, 6.45) is 0.739. The molecule has 0 spiro atoms. The lowest BCUT2D eigenvalue weighted by Crippen LogP contribution is -2.26. The molecule has 6 nitrogen and oxygen atoms in total. The Morgan fingerprint density at radius 3 is 1.94 bits per heavy atom. The molecule has 4 aromatic carbocycles. The molecule has 36 heavy (non-hydrogen) atoms. The second kappa shape index (κ2) is 8.72. The van der Waals surface area contributed by atoms with Gasteiger partial charge in [0, 0.05) is 41.0 Å². The Hall–Kier alpha value is -4.32. The summed E-state index contributed by atoms with van der Waals surface area (Å²) in [6.45, 7) is 0.848. The lowest BCUT2D eigenvalue weighted by atomic mass is 9.74. The third kappa shape index (κ3) is 3.94. The molecular weight excluding hydrogens is 456 g/mol. The van der Waals surface area contributed by atoms with Crippen LogP contribution in [0.2, 0.25) is 0 Å². The van der Waals surface area contributed by atoms with Gasteiger partial charge in [-0.25, -0.2) is 0 Å². The maximum absolute atomic E-state index is 11.2. The minimum absolute atomic E-state index is 0.121. The summed E-state index contributed by atoms with van der Waals surface area (Å²) in [5.41, 5.74) is 4.70. The highest BCUT2D eigenvalue weighted by atomic mass is 16.5. The molecule has 0 aromatic heterocycles. The van der Waals surface area contributed by atoms with E-state index in [2.05, 4.69) is 0 Å². The second-order valence-corrected chi connectivity index (χ2v) is 9.53. The summed E-state index contributed by atoms with van der Waals surface area (Å²) in [6, 6.07) is 23.1.